The van der Waals surface area contributed by atoms with Crippen LogP contribution in [0.25, 0.3) is 0 Å². The smallest absolute Gasteiger partial charge is 0.149 e. The van der Waals surface area contributed by atoms with Crippen molar-refractivity contribution in [1.82, 2.24) is 4.90 Å². The van der Waals surface area contributed by atoms with Crippen molar-refractivity contribution in [3.8, 4) is 0 Å². The lowest BCUT2D eigenvalue weighted by Gasteiger charge is -2.35. The Bertz CT molecular complexity index is 439. The predicted molar refractivity (Wildman–Crippen MR) is 97.4 cm³/mol. The van der Waals surface area contributed by atoms with E-state index in [2.05, 4.69) is 4.90 Å². The molecule has 3 fully saturated rings. The van der Waals surface area contributed by atoms with E-state index >= 15 is 0 Å². The number of likely N-dealkylation sites (tertiary alicyclic amines) is 1. The average Bonchev–Trinajstić information content (AvgIpc) is 2.62. The maximum Gasteiger partial charge on any atom is 0.149 e. The van der Waals surface area contributed by atoms with E-state index in [1.165, 1.54) is 19.3 Å². The number of halogens is 1. The summed E-state index contributed by atoms with van der Waals surface area (Å²) in [6.07, 6.45) is 11.8. The summed E-state index contributed by atoms with van der Waals surface area (Å²) in [5.41, 5.74) is 0. The number of piperidine rings is 1. The third kappa shape index (κ3) is 4.82. The zero-order valence-electron chi connectivity index (χ0n) is 14.9. The minimum atomic E-state index is 0.174. The fourth-order valence-electron chi connectivity index (χ4n) is 4.88. The van der Waals surface area contributed by atoms with E-state index in [9.17, 15) is 9.59 Å². The molecule has 2 saturated carbocycles. The molecule has 0 N–H and O–H groups in total. The first kappa shape index (κ1) is 18.4. The Balaban J connectivity index is 1.48. The number of hydrogen-bond donors (Lipinski definition) is 0. The van der Waals surface area contributed by atoms with Crippen molar-refractivity contribution >= 4 is 23.2 Å². The van der Waals surface area contributed by atoms with Crippen LogP contribution in [0.1, 0.15) is 70.6 Å². The zero-order chi connectivity index (χ0) is 16.9. The predicted octanol–water partition coefficient (Wildman–Crippen LogP) is 4.21. The van der Waals surface area contributed by atoms with Crippen LogP contribution >= 0.6 is 11.6 Å². The molecule has 1 atom stereocenters. The van der Waals surface area contributed by atoms with Gasteiger partial charge in [0.25, 0.3) is 0 Å². The van der Waals surface area contributed by atoms with Crippen molar-refractivity contribution in [3.05, 3.63) is 0 Å². The Labute approximate surface area is 151 Å². The summed E-state index contributed by atoms with van der Waals surface area (Å²) in [4.78, 5) is 27.6. The molecule has 136 valence electrons. The van der Waals surface area contributed by atoms with Gasteiger partial charge in [0.05, 0.1) is 6.54 Å². The summed E-state index contributed by atoms with van der Waals surface area (Å²) in [6, 6.07) is 0. The van der Waals surface area contributed by atoms with Crippen LogP contribution in [-0.2, 0) is 9.59 Å². The normalized spacial score (nSPS) is 33.3. The molecule has 1 unspecified atom stereocenters. The summed E-state index contributed by atoms with van der Waals surface area (Å²) >= 11 is 6.15. The molecule has 3 nitrogen and oxygen atoms in total. The largest absolute Gasteiger partial charge is 0.299 e. The second-order valence-corrected chi connectivity index (χ2v) is 8.84. The molecular formula is C20H32ClNO2. The summed E-state index contributed by atoms with van der Waals surface area (Å²) < 4.78 is 0. The average molecular weight is 354 g/mol. The second kappa shape index (κ2) is 8.80. The van der Waals surface area contributed by atoms with Gasteiger partial charge in [-0.2, -0.15) is 0 Å². The highest BCUT2D eigenvalue weighted by atomic mass is 35.5. The van der Waals surface area contributed by atoms with E-state index in [0.29, 0.717) is 24.0 Å². The molecule has 4 heteroatoms. The van der Waals surface area contributed by atoms with Gasteiger partial charge in [0.2, 0.25) is 0 Å². The summed E-state index contributed by atoms with van der Waals surface area (Å²) in [7, 11) is 0. The van der Waals surface area contributed by atoms with Gasteiger partial charge in [0.1, 0.15) is 11.6 Å². The Morgan fingerprint density at radius 2 is 1.46 bits per heavy atom. The highest BCUT2D eigenvalue weighted by Gasteiger charge is 2.33. The maximum atomic E-state index is 12.8. The Kier molecular flexibility index (Phi) is 6.74. The highest BCUT2D eigenvalue weighted by molar-refractivity contribution is 6.20. The number of carbonyl (C=O) groups excluding carboxylic acids is 2. The van der Waals surface area contributed by atoms with E-state index in [-0.39, 0.29) is 17.2 Å². The van der Waals surface area contributed by atoms with E-state index in [1.54, 1.807) is 0 Å². The van der Waals surface area contributed by atoms with Crippen LogP contribution in [0.5, 0.6) is 0 Å². The number of alkyl halides is 1. The first-order chi connectivity index (χ1) is 11.6. The molecule has 0 amide bonds. The molecule has 0 bridgehead atoms. The first-order valence-corrected chi connectivity index (χ1v) is 10.5. The number of Topliss-reactive ketones (excluding diaryl/α,β-unsaturated/α-hetero) is 2. The molecule has 2 aliphatic carbocycles. The Morgan fingerprint density at radius 1 is 0.792 bits per heavy atom. The van der Waals surface area contributed by atoms with Crippen LogP contribution in [-0.4, -0.2) is 41.5 Å². The Morgan fingerprint density at radius 3 is 2.17 bits per heavy atom. The van der Waals surface area contributed by atoms with Gasteiger partial charge in [-0.1, -0.05) is 19.3 Å². The molecular weight excluding hydrogens is 322 g/mol. The van der Waals surface area contributed by atoms with Gasteiger partial charge >= 0.3 is 0 Å². The minimum absolute atomic E-state index is 0.174. The van der Waals surface area contributed by atoms with Crippen LogP contribution in [0.15, 0.2) is 0 Å². The number of ketones is 2. The van der Waals surface area contributed by atoms with E-state index in [0.717, 1.165) is 64.5 Å². The minimum Gasteiger partial charge on any atom is -0.299 e. The maximum absolute atomic E-state index is 12.8. The quantitative estimate of drug-likeness (QED) is 0.694. The number of hydrogen-bond acceptors (Lipinski definition) is 3. The van der Waals surface area contributed by atoms with Gasteiger partial charge in [-0.3, -0.25) is 14.5 Å². The lowest BCUT2D eigenvalue weighted by molar-refractivity contribution is -0.131. The molecule has 0 aromatic heterocycles. The monoisotopic (exact) mass is 353 g/mol. The number of nitrogens with zero attached hydrogens (tertiary/aromatic N) is 1. The molecule has 24 heavy (non-hydrogen) atoms. The SMILES string of the molecule is O=C(CN1CCCC(C(=O)C2CCCCC2)C1)C1CCC(Cl)CC1. The van der Waals surface area contributed by atoms with Gasteiger partial charge in [0, 0.05) is 29.7 Å². The van der Waals surface area contributed by atoms with Crippen molar-refractivity contribution in [3.63, 3.8) is 0 Å². The van der Waals surface area contributed by atoms with Crippen molar-refractivity contribution < 1.29 is 9.59 Å². The first-order valence-electron chi connectivity index (χ1n) is 10.1. The Hall–Kier alpha value is -0.410. The summed E-state index contributed by atoms with van der Waals surface area (Å²) in [5, 5.41) is 0.265. The molecule has 0 spiro atoms. The van der Waals surface area contributed by atoms with Crippen molar-refractivity contribution in [1.29, 1.82) is 0 Å². The fourth-order valence-corrected chi connectivity index (χ4v) is 5.13. The number of rotatable bonds is 5. The van der Waals surface area contributed by atoms with Crippen molar-refractivity contribution in [2.24, 2.45) is 17.8 Å². The summed E-state index contributed by atoms with van der Waals surface area (Å²) in [6.45, 7) is 2.34. The van der Waals surface area contributed by atoms with Crippen molar-refractivity contribution in [2.45, 2.75) is 76.0 Å². The number of carbonyl (C=O) groups is 2. The van der Waals surface area contributed by atoms with Crippen LogP contribution in [0.4, 0.5) is 0 Å². The molecule has 1 saturated heterocycles. The molecule has 0 radical (unpaired) electrons. The molecule has 0 aromatic rings. The fraction of sp³-hybridized carbons (Fsp3) is 0.900. The van der Waals surface area contributed by atoms with Crippen molar-refractivity contribution in [2.75, 3.05) is 19.6 Å². The standard InChI is InChI=1S/C20H32ClNO2/c21-18-10-8-15(9-11-18)19(23)14-22-12-4-7-17(13-22)20(24)16-5-2-1-3-6-16/h15-18H,1-14H2. The molecule has 3 aliphatic rings. The lowest BCUT2D eigenvalue weighted by Crippen LogP contribution is -2.44. The third-order valence-corrected chi connectivity index (χ3v) is 6.84. The van der Waals surface area contributed by atoms with E-state index in [4.69, 9.17) is 11.6 Å². The van der Waals surface area contributed by atoms with Gasteiger partial charge < -0.3 is 0 Å². The van der Waals surface area contributed by atoms with Crippen LogP contribution in [0, 0.1) is 17.8 Å². The van der Waals surface area contributed by atoms with Gasteiger partial charge in [-0.25, -0.2) is 0 Å². The van der Waals surface area contributed by atoms with E-state index in [1.807, 2.05) is 0 Å². The van der Waals surface area contributed by atoms with E-state index < -0.39 is 0 Å². The lowest BCUT2D eigenvalue weighted by atomic mass is 9.79. The van der Waals surface area contributed by atoms with Crippen LogP contribution in [0.2, 0.25) is 0 Å². The molecule has 0 aromatic carbocycles. The molecule has 1 heterocycles. The van der Waals surface area contributed by atoms with Gasteiger partial charge in [-0.15, -0.1) is 11.6 Å². The summed E-state index contributed by atoms with van der Waals surface area (Å²) in [5.74, 6) is 1.56. The third-order valence-electron chi connectivity index (χ3n) is 6.41. The van der Waals surface area contributed by atoms with Crippen LogP contribution < -0.4 is 0 Å². The highest BCUT2D eigenvalue weighted by Crippen LogP contribution is 2.31. The second-order valence-electron chi connectivity index (χ2n) is 8.23. The topological polar surface area (TPSA) is 37.4 Å². The van der Waals surface area contributed by atoms with Gasteiger partial charge in [0.15, 0.2) is 0 Å². The molecule has 1 aliphatic heterocycles. The van der Waals surface area contributed by atoms with Gasteiger partial charge in [-0.05, 0) is 57.9 Å². The van der Waals surface area contributed by atoms with Crippen LogP contribution in [0.3, 0.4) is 0 Å². The molecule has 3 rings (SSSR count). The zero-order valence-corrected chi connectivity index (χ0v) is 15.6.